The van der Waals surface area contributed by atoms with Crippen LogP contribution >= 0.6 is 0 Å². The zero-order valence-corrected chi connectivity index (χ0v) is 16.0. The molecule has 1 saturated heterocycles. The van der Waals surface area contributed by atoms with Crippen molar-refractivity contribution < 1.29 is 19.1 Å². The summed E-state index contributed by atoms with van der Waals surface area (Å²) in [6, 6.07) is 1.49. The van der Waals surface area contributed by atoms with Crippen LogP contribution in [-0.4, -0.2) is 66.3 Å². The predicted octanol–water partition coefficient (Wildman–Crippen LogP) is 0.932. The highest BCUT2D eigenvalue weighted by Gasteiger charge is 2.65. The van der Waals surface area contributed by atoms with Crippen LogP contribution in [-0.2, 0) is 9.59 Å². The van der Waals surface area contributed by atoms with Gasteiger partial charge in [-0.3, -0.25) is 9.59 Å². The van der Waals surface area contributed by atoms with Gasteiger partial charge in [-0.25, -0.2) is 9.37 Å². The molecule has 0 bridgehead atoms. The van der Waals surface area contributed by atoms with Gasteiger partial charge in [0.15, 0.2) is 0 Å². The Labute approximate surface area is 157 Å². The van der Waals surface area contributed by atoms with Gasteiger partial charge in [0.2, 0.25) is 11.9 Å². The lowest BCUT2D eigenvalue weighted by atomic mass is 10.1. The number of nitrogens with one attached hydrogen (secondary N) is 1. The molecule has 1 aliphatic carbocycles. The maximum Gasteiger partial charge on any atom is 0.307 e. The van der Waals surface area contributed by atoms with Crippen molar-refractivity contribution in [2.24, 2.45) is 17.3 Å². The van der Waals surface area contributed by atoms with Crippen molar-refractivity contribution >= 4 is 23.6 Å². The maximum atomic E-state index is 14.1. The first-order valence-corrected chi connectivity index (χ1v) is 9.04. The third-order valence-corrected chi connectivity index (χ3v) is 5.57. The Hall–Kier alpha value is -2.45. The number of hydrogen-bond donors (Lipinski definition) is 2. The van der Waals surface area contributed by atoms with Crippen molar-refractivity contribution in [3.05, 3.63) is 12.3 Å². The molecule has 2 N–H and O–H groups in total. The SMILES string of the molecule is CN(C)c1nccc(N2C[C@@H](F)C[C@H]2CNC(=O)[C@@H]2[C@H](C(=O)O)C2(C)C)n1. The van der Waals surface area contributed by atoms with Crippen LogP contribution in [0.2, 0.25) is 0 Å². The molecule has 2 fully saturated rings. The summed E-state index contributed by atoms with van der Waals surface area (Å²) in [7, 11) is 3.66. The highest BCUT2D eigenvalue weighted by molar-refractivity contribution is 5.91. The zero-order valence-electron chi connectivity index (χ0n) is 16.0. The van der Waals surface area contributed by atoms with Crippen LogP contribution in [0, 0.1) is 17.3 Å². The minimum Gasteiger partial charge on any atom is -0.481 e. The number of nitrogens with zero attached hydrogens (tertiary/aromatic N) is 4. The van der Waals surface area contributed by atoms with Crippen LogP contribution in [0.1, 0.15) is 20.3 Å². The summed E-state index contributed by atoms with van der Waals surface area (Å²) < 4.78 is 14.1. The Kier molecular flexibility index (Phi) is 4.96. The summed E-state index contributed by atoms with van der Waals surface area (Å²) in [6.07, 6.45) is 0.912. The molecule has 1 amide bonds. The molecule has 148 valence electrons. The number of carbonyl (C=O) groups excluding carboxylic acids is 1. The van der Waals surface area contributed by atoms with Crippen LogP contribution in [0.5, 0.6) is 0 Å². The highest BCUT2D eigenvalue weighted by Crippen LogP contribution is 2.58. The molecule has 27 heavy (non-hydrogen) atoms. The van der Waals surface area contributed by atoms with Crippen molar-refractivity contribution in [3.63, 3.8) is 0 Å². The molecular formula is C18H26FN5O3. The molecule has 1 aromatic heterocycles. The molecule has 0 unspecified atom stereocenters. The number of rotatable bonds is 6. The number of carboxylic acids is 1. The Morgan fingerprint density at radius 1 is 1.41 bits per heavy atom. The number of aromatic nitrogens is 2. The van der Waals surface area contributed by atoms with Gasteiger partial charge in [-0.2, -0.15) is 4.98 Å². The standard InChI is InChI=1S/C18H26FN5O3/c1-18(2)13(14(18)16(26)27)15(25)21-8-11-7-10(19)9-24(11)12-5-6-20-17(22-12)23(3)4/h5-6,10-11,13-14H,7-9H2,1-4H3,(H,21,25)(H,26,27)/t10-,11-,13-,14+/m0/s1. The van der Waals surface area contributed by atoms with E-state index in [4.69, 9.17) is 0 Å². The number of halogens is 1. The fourth-order valence-corrected chi connectivity index (χ4v) is 3.96. The molecular weight excluding hydrogens is 353 g/mol. The number of amides is 1. The van der Waals surface area contributed by atoms with Gasteiger partial charge < -0.3 is 20.2 Å². The summed E-state index contributed by atoms with van der Waals surface area (Å²) in [5, 5.41) is 12.0. The van der Waals surface area contributed by atoms with E-state index in [1.807, 2.05) is 19.0 Å². The van der Waals surface area contributed by atoms with E-state index >= 15 is 0 Å². The first kappa shape index (κ1) is 19.3. The minimum absolute atomic E-state index is 0.205. The van der Waals surface area contributed by atoms with E-state index < -0.39 is 29.4 Å². The van der Waals surface area contributed by atoms with Crippen LogP contribution in [0.15, 0.2) is 12.3 Å². The average molecular weight is 379 g/mol. The molecule has 0 aromatic carbocycles. The topological polar surface area (TPSA) is 98.7 Å². The van der Waals surface area contributed by atoms with Crippen molar-refractivity contribution in [3.8, 4) is 0 Å². The van der Waals surface area contributed by atoms with Crippen LogP contribution in [0.25, 0.3) is 0 Å². The third kappa shape index (κ3) is 3.68. The Balaban J connectivity index is 1.66. The first-order valence-electron chi connectivity index (χ1n) is 9.04. The second-order valence-electron chi connectivity index (χ2n) is 8.11. The molecule has 3 rings (SSSR count). The number of anilines is 2. The molecule has 2 heterocycles. The highest BCUT2D eigenvalue weighted by atomic mass is 19.1. The predicted molar refractivity (Wildman–Crippen MR) is 98.4 cm³/mol. The first-order chi connectivity index (χ1) is 12.6. The van der Waals surface area contributed by atoms with E-state index in [0.717, 1.165) is 0 Å². The van der Waals surface area contributed by atoms with Crippen LogP contribution in [0.3, 0.4) is 0 Å². The van der Waals surface area contributed by atoms with Gasteiger partial charge in [-0.1, -0.05) is 13.8 Å². The number of carbonyl (C=O) groups is 2. The molecule has 1 aliphatic heterocycles. The van der Waals surface area contributed by atoms with Gasteiger partial charge in [-0.15, -0.1) is 0 Å². The number of hydrogen-bond acceptors (Lipinski definition) is 6. The lowest BCUT2D eigenvalue weighted by Gasteiger charge is -2.26. The fraction of sp³-hybridized carbons (Fsp3) is 0.667. The molecule has 2 aliphatic rings. The number of alkyl halides is 1. The summed E-state index contributed by atoms with van der Waals surface area (Å²) in [4.78, 5) is 35.9. The smallest absolute Gasteiger partial charge is 0.307 e. The van der Waals surface area contributed by atoms with Crippen LogP contribution < -0.4 is 15.1 Å². The van der Waals surface area contributed by atoms with Gasteiger partial charge in [0, 0.05) is 33.3 Å². The molecule has 4 atom stereocenters. The normalized spacial score (nSPS) is 28.7. The quantitative estimate of drug-likeness (QED) is 0.759. The van der Waals surface area contributed by atoms with E-state index in [-0.39, 0.29) is 31.5 Å². The fourth-order valence-electron chi connectivity index (χ4n) is 3.96. The summed E-state index contributed by atoms with van der Waals surface area (Å²) >= 11 is 0. The lowest BCUT2D eigenvalue weighted by Crippen LogP contribution is -2.41. The molecule has 0 radical (unpaired) electrons. The summed E-state index contributed by atoms with van der Waals surface area (Å²) in [5.74, 6) is -1.32. The van der Waals surface area contributed by atoms with E-state index in [1.165, 1.54) is 0 Å². The van der Waals surface area contributed by atoms with E-state index in [9.17, 15) is 19.1 Å². The van der Waals surface area contributed by atoms with Crippen molar-refractivity contribution in [2.75, 3.05) is 37.0 Å². The minimum atomic E-state index is -1.01. The zero-order chi connectivity index (χ0) is 19.9. The van der Waals surface area contributed by atoms with E-state index in [0.29, 0.717) is 11.8 Å². The largest absolute Gasteiger partial charge is 0.481 e. The summed E-state index contributed by atoms with van der Waals surface area (Å²) in [6.45, 7) is 4.01. The average Bonchev–Trinajstić information content (AvgIpc) is 2.99. The maximum absolute atomic E-state index is 14.1. The monoisotopic (exact) mass is 379 g/mol. The number of carboxylic acid groups (broad SMARTS) is 1. The van der Waals surface area contributed by atoms with Gasteiger partial charge >= 0.3 is 5.97 Å². The molecule has 1 aromatic rings. The molecule has 9 heteroatoms. The van der Waals surface area contributed by atoms with Gasteiger partial charge in [-0.05, 0) is 11.5 Å². The Morgan fingerprint density at radius 2 is 2.11 bits per heavy atom. The second kappa shape index (κ2) is 6.94. The molecule has 0 spiro atoms. The Bertz CT molecular complexity index is 741. The molecule has 1 saturated carbocycles. The number of aliphatic carboxylic acids is 1. The summed E-state index contributed by atoms with van der Waals surface area (Å²) in [5.41, 5.74) is -0.554. The van der Waals surface area contributed by atoms with Gasteiger partial charge in [0.25, 0.3) is 0 Å². The van der Waals surface area contributed by atoms with Crippen molar-refractivity contribution in [2.45, 2.75) is 32.5 Å². The third-order valence-electron chi connectivity index (χ3n) is 5.57. The van der Waals surface area contributed by atoms with Crippen molar-refractivity contribution in [1.29, 1.82) is 0 Å². The van der Waals surface area contributed by atoms with E-state index in [2.05, 4.69) is 15.3 Å². The van der Waals surface area contributed by atoms with Crippen molar-refractivity contribution in [1.82, 2.24) is 15.3 Å². The van der Waals surface area contributed by atoms with E-state index in [1.54, 1.807) is 31.0 Å². The second-order valence-corrected chi connectivity index (χ2v) is 8.11. The molecule has 8 nitrogen and oxygen atoms in total. The van der Waals surface area contributed by atoms with Gasteiger partial charge in [0.1, 0.15) is 12.0 Å². The lowest BCUT2D eigenvalue weighted by molar-refractivity contribution is -0.140. The van der Waals surface area contributed by atoms with Crippen LogP contribution in [0.4, 0.5) is 16.2 Å². The Morgan fingerprint density at radius 3 is 2.70 bits per heavy atom. The van der Waals surface area contributed by atoms with Gasteiger partial charge in [0.05, 0.1) is 24.4 Å².